The molecule has 19 heavy (non-hydrogen) atoms. The monoisotopic (exact) mass is 260 g/mol. The molecule has 0 saturated heterocycles. The van der Waals surface area contributed by atoms with E-state index in [1.807, 2.05) is 6.08 Å². The molecule has 1 nitrogen and oxygen atoms in total. The number of rotatable bonds is 7. The number of hydrogen-bond acceptors (Lipinski definition) is 1. The number of ketones is 1. The second-order valence-electron chi connectivity index (χ2n) is 7.51. The molecule has 4 aliphatic carbocycles. The van der Waals surface area contributed by atoms with Crippen LogP contribution in [0.2, 0.25) is 0 Å². The second-order valence-corrected chi connectivity index (χ2v) is 7.51. The fraction of sp³-hybridized carbons (Fsp3) is 0.833. The van der Waals surface area contributed by atoms with E-state index in [4.69, 9.17) is 0 Å². The van der Waals surface area contributed by atoms with Crippen LogP contribution in [0.4, 0.5) is 0 Å². The van der Waals surface area contributed by atoms with Gasteiger partial charge in [-0.15, -0.1) is 6.58 Å². The highest BCUT2D eigenvalue weighted by molar-refractivity contribution is 5.85. The Bertz CT molecular complexity index is 319. The lowest BCUT2D eigenvalue weighted by Crippen LogP contribution is -2.49. The van der Waals surface area contributed by atoms with Crippen LogP contribution in [0, 0.1) is 23.2 Å². The molecule has 0 aliphatic heterocycles. The van der Waals surface area contributed by atoms with Gasteiger partial charge in [-0.3, -0.25) is 4.79 Å². The van der Waals surface area contributed by atoms with E-state index in [0.29, 0.717) is 5.78 Å². The topological polar surface area (TPSA) is 17.1 Å². The number of unbranched alkanes of at least 4 members (excludes halogenated alkanes) is 3. The van der Waals surface area contributed by atoms with Crippen LogP contribution in [0.15, 0.2) is 12.7 Å². The van der Waals surface area contributed by atoms with Crippen LogP contribution in [0.25, 0.3) is 0 Å². The molecule has 0 aromatic carbocycles. The number of carbonyl (C=O) groups is 1. The van der Waals surface area contributed by atoms with Crippen molar-refractivity contribution in [3.63, 3.8) is 0 Å². The maximum Gasteiger partial charge on any atom is 0.139 e. The smallest absolute Gasteiger partial charge is 0.139 e. The predicted octanol–water partition coefficient (Wildman–Crippen LogP) is 4.91. The zero-order valence-electron chi connectivity index (χ0n) is 12.2. The van der Waals surface area contributed by atoms with Crippen molar-refractivity contribution in [1.82, 2.24) is 0 Å². The third-order valence-corrected chi connectivity index (χ3v) is 5.94. The van der Waals surface area contributed by atoms with Crippen LogP contribution in [-0.4, -0.2) is 5.78 Å². The average Bonchev–Trinajstić information content (AvgIpc) is 2.36. The number of Topliss-reactive ketones (excluding diaryl/α,β-unsaturated/α-hetero) is 1. The zero-order chi connectivity index (χ0) is 13.3. The zero-order valence-corrected chi connectivity index (χ0v) is 12.2. The lowest BCUT2D eigenvalue weighted by Gasteiger charge is -2.56. The van der Waals surface area contributed by atoms with Crippen LogP contribution < -0.4 is 0 Å². The Morgan fingerprint density at radius 2 is 1.58 bits per heavy atom. The van der Waals surface area contributed by atoms with Crippen molar-refractivity contribution in [2.75, 3.05) is 0 Å². The first-order valence-electron chi connectivity index (χ1n) is 8.36. The van der Waals surface area contributed by atoms with Gasteiger partial charge >= 0.3 is 0 Å². The van der Waals surface area contributed by atoms with E-state index in [1.54, 1.807) is 0 Å². The molecule has 1 heteroatoms. The Morgan fingerprint density at radius 1 is 1.00 bits per heavy atom. The molecule has 0 radical (unpaired) electrons. The highest BCUT2D eigenvalue weighted by Gasteiger charge is 2.53. The summed E-state index contributed by atoms with van der Waals surface area (Å²) in [7, 11) is 0. The van der Waals surface area contributed by atoms with E-state index in [1.165, 1.54) is 51.4 Å². The Kier molecular flexibility index (Phi) is 3.82. The second kappa shape index (κ2) is 5.42. The maximum atomic E-state index is 12.7. The van der Waals surface area contributed by atoms with Gasteiger partial charge in [0.05, 0.1) is 0 Å². The molecule has 0 unspecified atom stereocenters. The summed E-state index contributed by atoms with van der Waals surface area (Å²) >= 11 is 0. The number of hydrogen-bond donors (Lipinski definition) is 0. The summed E-state index contributed by atoms with van der Waals surface area (Å²) in [5.41, 5.74) is 0.146. The molecule has 4 bridgehead atoms. The van der Waals surface area contributed by atoms with Crippen LogP contribution in [0.1, 0.15) is 70.6 Å². The Hall–Kier alpha value is -0.590. The molecule has 4 saturated carbocycles. The average molecular weight is 260 g/mol. The van der Waals surface area contributed by atoms with Gasteiger partial charge in [-0.2, -0.15) is 0 Å². The molecule has 0 amide bonds. The number of carbonyl (C=O) groups excluding carboxylic acids is 1. The van der Waals surface area contributed by atoms with Gasteiger partial charge in [0.1, 0.15) is 5.78 Å². The van der Waals surface area contributed by atoms with Crippen molar-refractivity contribution in [1.29, 1.82) is 0 Å². The highest BCUT2D eigenvalue weighted by Crippen LogP contribution is 2.60. The van der Waals surface area contributed by atoms with Crippen LogP contribution >= 0.6 is 0 Å². The fourth-order valence-electron chi connectivity index (χ4n) is 5.47. The van der Waals surface area contributed by atoms with Gasteiger partial charge in [-0.05, 0) is 75.5 Å². The van der Waals surface area contributed by atoms with Gasteiger partial charge in [0.2, 0.25) is 0 Å². The molecular formula is C18H28O. The van der Waals surface area contributed by atoms with Crippen LogP contribution in [-0.2, 0) is 4.79 Å². The molecule has 0 spiro atoms. The lowest BCUT2D eigenvalue weighted by molar-refractivity contribution is -0.144. The van der Waals surface area contributed by atoms with E-state index in [9.17, 15) is 4.79 Å². The van der Waals surface area contributed by atoms with E-state index in [0.717, 1.165) is 37.0 Å². The summed E-state index contributed by atoms with van der Waals surface area (Å²) < 4.78 is 0. The largest absolute Gasteiger partial charge is 0.299 e. The third kappa shape index (κ3) is 2.66. The highest BCUT2D eigenvalue weighted by atomic mass is 16.1. The molecule has 0 aromatic heterocycles. The summed E-state index contributed by atoms with van der Waals surface area (Å²) in [5, 5.41) is 0. The minimum atomic E-state index is 0.146. The molecule has 106 valence electrons. The van der Waals surface area contributed by atoms with Gasteiger partial charge in [0.25, 0.3) is 0 Å². The van der Waals surface area contributed by atoms with Crippen molar-refractivity contribution in [2.45, 2.75) is 70.6 Å². The molecule has 4 fully saturated rings. The first-order valence-corrected chi connectivity index (χ1v) is 8.36. The van der Waals surface area contributed by atoms with Gasteiger partial charge in [0, 0.05) is 11.8 Å². The Labute approximate surface area is 117 Å². The quantitative estimate of drug-likeness (QED) is 0.469. The van der Waals surface area contributed by atoms with Gasteiger partial charge < -0.3 is 0 Å². The van der Waals surface area contributed by atoms with Gasteiger partial charge in [0.15, 0.2) is 0 Å². The van der Waals surface area contributed by atoms with E-state index in [2.05, 4.69) is 6.58 Å². The van der Waals surface area contributed by atoms with Crippen molar-refractivity contribution >= 4 is 5.78 Å². The summed E-state index contributed by atoms with van der Waals surface area (Å²) in [6, 6.07) is 0. The summed E-state index contributed by atoms with van der Waals surface area (Å²) in [6.45, 7) is 3.75. The molecule has 0 N–H and O–H groups in total. The first-order chi connectivity index (χ1) is 9.22. The molecule has 0 atom stereocenters. The van der Waals surface area contributed by atoms with Crippen molar-refractivity contribution in [3.05, 3.63) is 12.7 Å². The predicted molar refractivity (Wildman–Crippen MR) is 78.9 cm³/mol. The summed E-state index contributed by atoms with van der Waals surface area (Å²) in [6.07, 6.45) is 15.5. The summed E-state index contributed by atoms with van der Waals surface area (Å²) in [5.74, 6) is 3.33. The molecule has 4 aliphatic rings. The van der Waals surface area contributed by atoms with Gasteiger partial charge in [-0.25, -0.2) is 0 Å². The van der Waals surface area contributed by atoms with Crippen LogP contribution in [0.3, 0.4) is 0 Å². The standard InChI is InChI=1S/C18H28O/c1-2-3-4-5-6-7-17(19)18-11-14-8-15(12-18)10-16(9-14)13-18/h2,14-16H,1,3-13H2. The van der Waals surface area contributed by atoms with Crippen molar-refractivity contribution in [3.8, 4) is 0 Å². The SMILES string of the molecule is C=CCCCCCC(=O)C12CC3CC(CC(C3)C1)C2. The van der Waals surface area contributed by atoms with Gasteiger partial charge in [-0.1, -0.05) is 12.5 Å². The van der Waals surface area contributed by atoms with Crippen molar-refractivity contribution < 1.29 is 4.79 Å². The van der Waals surface area contributed by atoms with Crippen molar-refractivity contribution in [2.24, 2.45) is 23.2 Å². The molecule has 4 rings (SSSR count). The number of allylic oxidation sites excluding steroid dienone is 1. The molecule has 0 heterocycles. The molecular weight excluding hydrogens is 232 g/mol. The lowest BCUT2D eigenvalue weighted by atomic mass is 9.48. The minimum Gasteiger partial charge on any atom is -0.299 e. The van der Waals surface area contributed by atoms with Crippen LogP contribution in [0.5, 0.6) is 0 Å². The first kappa shape index (κ1) is 13.4. The third-order valence-electron chi connectivity index (χ3n) is 5.94. The van der Waals surface area contributed by atoms with E-state index >= 15 is 0 Å². The van der Waals surface area contributed by atoms with E-state index < -0.39 is 0 Å². The normalized spacial score (nSPS) is 39.5. The minimum absolute atomic E-state index is 0.146. The summed E-state index contributed by atoms with van der Waals surface area (Å²) in [4.78, 5) is 12.7. The Morgan fingerprint density at radius 3 is 2.11 bits per heavy atom. The fourth-order valence-corrected chi connectivity index (χ4v) is 5.47. The Balaban J connectivity index is 1.53. The van der Waals surface area contributed by atoms with E-state index in [-0.39, 0.29) is 5.41 Å². The molecule has 0 aromatic rings. The maximum absolute atomic E-state index is 12.7.